The Morgan fingerprint density at radius 1 is 1.04 bits per heavy atom. The van der Waals surface area contributed by atoms with Crippen LogP contribution in [0.25, 0.3) is 6.08 Å². The van der Waals surface area contributed by atoms with Gasteiger partial charge in [0.25, 0.3) is 0 Å². The Morgan fingerprint density at radius 3 is 2.56 bits per heavy atom. The van der Waals surface area contributed by atoms with E-state index in [1.165, 1.54) is 0 Å². The summed E-state index contributed by atoms with van der Waals surface area (Å²) in [5.41, 5.74) is 1.67. The molecule has 4 aliphatic rings. The van der Waals surface area contributed by atoms with Crippen LogP contribution in [0.5, 0.6) is 17.2 Å². The quantitative estimate of drug-likeness (QED) is 0.501. The summed E-state index contributed by atoms with van der Waals surface area (Å²) in [6.45, 7) is 5.88. The second-order valence-electron chi connectivity index (χ2n) is 8.70. The number of rotatable bonds is 0. The lowest BCUT2D eigenvalue weighted by Crippen LogP contribution is -2.38. The first-order chi connectivity index (χ1) is 12.9. The van der Waals surface area contributed by atoms with Crippen molar-refractivity contribution in [3.63, 3.8) is 0 Å². The summed E-state index contributed by atoms with van der Waals surface area (Å²) in [4.78, 5) is 25.6. The summed E-state index contributed by atoms with van der Waals surface area (Å²) in [7, 11) is 0. The third-order valence-corrected chi connectivity index (χ3v) is 6.16. The summed E-state index contributed by atoms with van der Waals surface area (Å²) < 4.78 is 18.2. The molecule has 0 aromatic heterocycles. The summed E-state index contributed by atoms with van der Waals surface area (Å²) in [6.07, 6.45) is 7.91. The van der Waals surface area contributed by atoms with Crippen molar-refractivity contribution in [3.05, 3.63) is 22.8 Å². The maximum Gasteiger partial charge on any atom is 0.314 e. The molecule has 3 atom stereocenters. The van der Waals surface area contributed by atoms with Gasteiger partial charge < -0.3 is 14.2 Å². The van der Waals surface area contributed by atoms with Gasteiger partial charge in [-0.1, -0.05) is 12.8 Å². The fourth-order valence-electron chi connectivity index (χ4n) is 4.93. The first kappa shape index (κ1) is 16.8. The van der Waals surface area contributed by atoms with E-state index in [0.29, 0.717) is 23.5 Å². The van der Waals surface area contributed by atoms with Crippen molar-refractivity contribution in [1.29, 1.82) is 0 Å². The molecule has 5 rings (SSSR count). The number of hydrogen-bond donors (Lipinski definition) is 0. The van der Waals surface area contributed by atoms with Crippen molar-refractivity contribution >= 4 is 17.8 Å². The molecule has 0 spiro atoms. The molecule has 142 valence electrons. The van der Waals surface area contributed by atoms with Gasteiger partial charge in [-0.15, -0.1) is 0 Å². The Morgan fingerprint density at radius 2 is 1.78 bits per heavy atom. The van der Waals surface area contributed by atoms with Crippen molar-refractivity contribution in [2.75, 3.05) is 0 Å². The molecule has 3 unspecified atom stereocenters. The van der Waals surface area contributed by atoms with Crippen LogP contribution in [-0.4, -0.2) is 23.5 Å². The zero-order chi connectivity index (χ0) is 18.9. The molecule has 0 bridgehead atoms. The third-order valence-electron chi connectivity index (χ3n) is 6.16. The number of carbonyl (C=O) groups excluding carboxylic acids is 2. The van der Waals surface area contributed by atoms with Gasteiger partial charge in [0.2, 0.25) is 0 Å². The molecular formula is C22H24O5. The molecule has 1 aromatic carbocycles. The Labute approximate surface area is 158 Å². The molecule has 5 heteroatoms. The summed E-state index contributed by atoms with van der Waals surface area (Å²) in [5, 5.41) is 0. The van der Waals surface area contributed by atoms with Gasteiger partial charge in [0, 0.05) is 17.9 Å². The van der Waals surface area contributed by atoms with Crippen LogP contribution in [0.3, 0.4) is 0 Å². The van der Waals surface area contributed by atoms with Crippen molar-refractivity contribution < 1.29 is 23.8 Å². The summed E-state index contributed by atoms with van der Waals surface area (Å²) in [5.74, 6) is 1.27. The normalized spacial score (nSPS) is 30.1. The van der Waals surface area contributed by atoms with Crippen LogP contribution in [0.2, 0.25) is 0 Å². The highest BCUT2D eigenvalue weighted by atomic mass is 16.5. The molecule has 0 N–H and O–H groups in total. The van der Waals surface area contributed by atoms with Crippen molar-refractivity contribution in [2.24, 2.45) is 5.92 Å². The number of Topliss-reactive ketones (excluding diaryl/α,β-unsaturated/α-hetero) is 1. The molecule has 0 amide bonds. The van der Waals surface area contributed by atoms with Crippen LogP contribution < -0.4 is 14.2 Å². The van der Waals surface area contributed by atoms with E-state index in [0.717, 1.165) is 42.6 Å². The number of benzene rings is 1. The second-order valence-corrected chi connectivity index (χ2v) is 8.70. The van der Waals surface area contributed by atoms with E-state index < -0.39 is 5.60 Å². The van der Waals surface area contributed by atoms with Crippen LogP contribution in [0.4, 0.5) is 0 Å². The third kappa shape index (κ3) is 2.43. The van der Waals surface area contributed by atoms with Gasteiger partial charge in [0.05, 0.1) is 11.5 Å². The number of fused-ring (bicyclic) bond motifs is 8. The molecule has 27 heavy (non-hydrogen) atoms. The fraction of sp³-hybridized carbons (Fsp3) is 0.545. The number of esters is 1. The van der Waals surface area contributed by atoms with Gasteiger partial charge in [-0.05, 0) is 45.8 Å². The number of hydrogen-bond acceptors (Lipinski definition) is 5. The lowest BCUT2D eigenvalue weighted by Gasteiger charge is -2.41. The van der Waals surface area contributed by atoms with Gasteiger partial charge in [0.15, 0.2) is 11.5 Å². The van der Waals surface area contributed by atoms with Crippen LogP contribution in [-0.2, 0) is 4.79 Å². The molecular weight excluding hydrogens is 344 g/mol. The molecule has 1 fully saturated rings. The van der Waals surface area contributed by atoms with Gasteiger partial charge >= 0.3 is 5.97 Å². The second kappa shape index (κ2) is 5.60. The van der Waals surface area contributed by atoms with Crippen LogP contribution in [0, 0.1) is 5.92 Å². The first-order valence-corrected chi connectivity index (χ1v) is 9.89. The van der Waals surface area contributed by atoms with Crippen molar-refractivity contribution in [2.45, 2.75) is 70.5 Å². The first-order valence-electron chi connectivity index (χ1n) is 9.89. The Kier molecular flexibility index (Phi) is 3.49. The van der Waals surface area contributed by atoms with Gasteiger partial charge in [-0.25, -0.2) is 0 Å². The topological polar surface area (TPSA) is 61.8 Å². The van der Waals surface area contributed by atoms with E-state index >= 15 is 0 Å². The molecule has 0 radical (unpaired) electrons. The fourth-order valence-corrected chi connectivity index (χ4v) is 4.93. The number of carbonyl (C=O) groups is 2. The van der Waals surface area contributed by atoms with Crippen LogP contribution in [0.15, 0.2) is 6.08 Å². The molecule has 1 aromatic rings. The SMILES string of the molecule is CC1CC(=O)c2c(c3c(c4c2OC(=O)C2CCCCC42)OC(C)(C)C=C3)O1. The van der Waals surface area contributed by atoms with E-state index in [4.69, 9.17) is 14.2 Å². The standard InChI is InChI=1S/C22H24O5/c1-11-10-15(23)17-18(25-11)14-8-9-22(2,3)27-19(14)16-12-6-4-5-7-13(12)21(24)26-20(16)17/h8-9,11-13H,4-7,10H2,1-3H3. The average molecular weight is 368 g/mol. The van der Waals surface area contributed by atoms with Crippen LogP contribution in [0.1, 0.15) is 80.3 Å². The zero-order valence-corrected chi connectivity index (χ0v) is 16.0. The summed E-state index contributed by atoms with van der Waals surface area (Å²) in [6, 6.07) is 0. The monoisotopic (exact) mass is 368 g/mol. The Balaban J connectivity index is 1.82. The zero-order valence-electron chi connectivity index (χ0n) is 16.0. The number of ether oxygens (including phenoxy) is 3. The minimum atomic E-state index is -0.467. The average Bonchev–Trinajstić information content (AvgIpc) is 2.60. The lowest BCUT2D eigenvalue weighted by atomic mass is 9.72. The van der Waals surface area contributed by atoms with Gasteiger partial charge in [0.1, 0.15) is 28.8 Å². The highest BCUT2D eigenvalue weighted by Crippen LogP contribution is 2.57. The maximum atomic E-state index is 12.9. The molecule has 0 saturated heterocycles. The highest BCUT2D eigenvalue weighted by Gasteiger charge is 2.47. The summed E-state index contributed by atoms with van der Waals surface area (Å²) >= 11 is 0. The van der Waals surface area contributed by atoms with E-state index in [9.17, 15) is 9.59 Å². The van der Waals surface area contributed by atoms with Gasteiger partial charge in [-0.3, -0.25) is 9.59 Å². The largest absolute Gasteiger partial charge is 0.489 e. The minimum absolute atomic E-state index is 0.0249. The van der Waals surface area contributed by atoms with Crippen molar-refractivity contribution in [3.8, 4) is 17.2 Å². The molecule has 3 heterocycles. The smallest absolute Gasteiger partial charge is 0.314 e. The minimum Gasteiger partial charge on any atom is -0.489 e. The highest BCUT2D eigenvalue weighted by molar-refractivity contribution is 6.06. The van der Waals surface area contributed by atoms with E-state index in [1.807, 2.05) is 32.9 Å². The Bertz CT molecular complexity index is 895. The van der Waals surface area contributed by atoms with Crippen molar-refractivity contribution in [1.82, 2.24) is 0 Å². The molecule has 3 aliphatic heterocycles. The lowest BCUT2D eigenvalue weighted by molar-refractivity contribution is -0.142. The molecule has 1 aliphatic carbocycles. The number of ketones is 1. The molecule has 5 nitrogen and oxygen atoms in total. The maximum absolute atomic E-state index is 12.9. The van der Waals surface area contributed by atoms with E-state index in [1.54, 1.807) is 0 Å². The predicted molar refractivity (Wildman–Crippen MR) is 99.6 cm³/mol. The molecule has 1 saturated carbocycles. The van der Waals surface area contributed by atoms with Gasteiger partial charge in [-0.2, -0.15) is 0 Å². The van der Waals surface area contributed by atoms with Crippen LogP contribution >= 0.6 is 0 Å². The van der Waals surface area contributed by atoms with E-state index in [-0.39, 0.29) is 29.7 Å². The predicted octanol–water partition coefficient (Wildman–Crippen LogP) is 4.42. The van der Waals surface area contributed by atoms with E-state index in [2.05, 4.69) is 0 Å². The Hall–Kier alpha value is -2.30.